The van der Waals surface area contributed by atoms with Gasteiger partial charge in [0.2, 0.25) is 0 Å². The molecule has 1 aliphatic carbocycles. The predicted octanol–water partition coefficient (Wildman–Crippen LogP) is 3.50. The Morgan fingerprint density at radius 3 is 2.48 bits per heavy atom. The third-order valence-corrected chi connectivity index (χ3v) is 6.84. The second kappa shape index (κ2) is 8.02. The molecule has 5 nitrogen and oxygen atoms in total. The Kier molecular flexibility index (Phi) is 5.34. The Labute approximate surface area is 180 Å². The van der Waals surface area contributed by atoms with Crippen molar-refractivity contribution in [2.45, 2.75) is 56.6 Å². The van der Waals surface area contributed by atoms with Crippen LogP contribution in [0.3, 0.4) is 0 Å². The maximum Gasteiger partial charge on any atom is 0.163 e. The Morgan fingerprint density at radius 1 is 1.06 bits per heavy atom. The molecule has 1 saturated heterocycles. The monoisotopic (exact) mass is 425 g/mol. The standard InChI is InChI=1S/C25H28FNO4/c1-14-21(13-28)31-25(24(30)23(14)29)27-12-18(22-19(26)3-2-4-20(22)27)11-15-5-7-16(8-6-15)17-9-10-17/h2-8,12,14,17,21,23-25,28-30H,9-11,13H2,1H3/t14-,21-,23?,24?,25?/m1/s1. The molecule has 0 spiro atoms. The number of benzene rings is 2. The first kappa shape index (κ1) is 20.6. The van der Waals surface area contributed by atoms with Crippen LogP contribution in [0.15, 0.2) is 48.7 Å². The summed E-state index contributed by atoms with van der Waals surface area (Å²) in [5.41, 5.74) is 3.82. The Morgan fingerprint density at radius 2 is 1.81 bits per heavy atom. The van der Waals surface area contributed by atoms with E-state index in [2.05, 4.69) is 24.3 Å². The van der Waals surface area contributed by atoms with Crippen molar-refractivity contribution in [2.75, 3.05) is 6.61 Å². The molecule has 31 heavy (non-hydrogen) atoms. The quantitative estimate of drug-likeness (QED) is 0.585. The molecule has 3 aromatic rings. The highest BCUT2D eigenvalue weighted by atomic mass is 19.1. The van der Waals surface area contributed by atoms with Crippen molar-refractivity contribution < 1.29 is 24.4 Å². The van der Waals surface area contributed by atoms with E-state index in [4.69, 9.17) is 4.74 Å². The van der Waals surface area contributed by atoms with Gasteiger partial charge in [0, 0.05) is 17.5 Å². The SMILES string of the molecule is C[C@H]1C(O)C(O)C(n2cc(Cc3ccc(C4CC4)cc3)c3c(F)cccc32)O[C@@H]1CO. The summed E-state index contributed by atoms with van der Waals surface area (Å²) in [6.45, 7) is 1.46. The molecular formula is C25H28FNO4. The minimum absolute atomic E-state index is 0.269. The maximum atomic E-state index is 14.9. The van der Waals surface area contributed by atoms with Gasteiger partial charge in [0.1, 0.15) is 11.9 Å². The smallest absolute Gasteiger partial charge is 0.163 e. The second-order valence-corrected chi connectivity index (χ2v) is 8.98. The zero-order valence-corrected chi connectivity index (χ0v) is 17.5. The fourth-order valence-electron chi connectivity index (χ4n) is 4.76. The van der Waals surface area contributed by atoms with Crippen LogP contribution in [0, 0.1) is 11.7 Å². The molecule has 5 atom stereocenters. The molecule has 6 heteroatoms. The lowest BCUT2D eigenvalue weighted by Gasteiger charge is -2.41. The van der Waals surface area contributed by atoms with E-state index in [1.165, 1.54) is 24.5 Å². The number of hydrogen-bond donors (Lipinski definition) is 3. The third-order valence-electron chi connectivity index (χ3n) is 6.84. The summed E-state index contributed by atoms with van der Waals surface area (Å²) in [4.78, 5) is 0. The first-order valence-corrected chi connectivity index (χ1v) is 11.0. The van der Waals surface area contributed by atoms with Crippen molar-refractivity contribution in [1.29, 1.82) is 0 Å². The molecule has 1 aromatic heterocycles. The number of hydrogen-bond acceptors (Lipinski definition) is 4. The van der Waals surface area contributed by atoms with Crippen LogP contribution in [0.25, 0.3) is 10.9 Å². The van der Waals surface area contributed by atoms with Crippen molar-refractivity contribution in [3.05, 3.63) is 71.2 Å². The van der Waals surface area contributed by atoms with Crippen molar-refractivity contribution in [1.82, 2.24) is 4.57 Å². The molecule has 3 unspecified atom stereocenters. The Balaban J connectivity index is 1.53. The lowest BCUT2D eigenvalue weighted by atomic mass is 9.90. The number of aliphatic hydroxyl groups excluding tert-OH is 3. The molecular weight excluding hydrogens is 397 g/mol. The van der Waals surface area contributed by atoms with Crippen LogP contribution >= 0.6 is 0 Å². The minimum atomic E-state index is -1.19. The van der Waals surface area contributed by atoms with E-state index in [0.717, 1.165) is 11.1 Å². The summed E-state index contributed by atoms with van der Waals surface area (Å²) in [7, 11) is 0. The summed E-state index contributed by atoms with van der Waals surface area (Å²) in [5.74, 6) is -0.0651. The maximum absolute atomic E-state index is 14.9. The molecule has 0 bridgehead atoms. The van der Waals surface area contributed by atoms with Gasteiger partial charge in [0.05, 0.1) is 24.3 Å². The fraction of sp³-hybridized carbons (Fsp3) is 0.440. The molecule has 1 saturated carbocycles. The third kappa shape index (κ3) is 3.68. The Hall–Kier alpha value is -2.25. The highest BCUT2D eigenvalue weighted by molar-refractivity contribution is 5.85. The zero-order chi connectivity index (χ0) is 21.7. The van der Waals surface area contributed by atoms with Gasteiger partial charge in [-0.3, -0.25) is 0 Å². The highest BCUT2D eigenvalue weighted by Gasteiger charge is 2.43. The summed E-state index contributed by atoms with van der Waals surface area (Å²) in [5, 5.41) is 31.4. The van der Waals surface area contributed by atoms with E-state index >= 15 is 0 Å². The van der Waals surface area contributed by atoms with Gasteiger partial charge in [-0.15, -0.1) is 0 Å². The van der Waals surface area contributed by atoms with Gasteiger partial charge in [-0.05, 0) is 54.0 Å². The van der Waals surface area contributed by atoms with Crippen LogP contribution in [0.5, 0.6) is 0 Å². The molecule has 164 valence electrons. The van der Waals surface area contributed by atoms with Crippen molar-refractivity contribution in [2.24, 2.45) is 5.92 Å². The minimum Gasteiger partial charge on any atom is -0.394 e. The average molecular weight is 426 g/mol. The number of aromatic nitrogens is 1. The molecule has 5 rings (SSSR count). The summed E-state index contributed by atoms with van der Waals surface area (Å²) in [6, 6.07) is 13.3. The van der Waals surface area contributed by atoms with Gasteiger partial charge in [0.25, 0.3) is 0 Å². The van der Waals surface area contributed by atoms with Gasteiger partial charge in [0.15, 0.2) is 6.23 Å². The van der Waals surface area contributed by atoms with Crippen LogP contribution in [0.1, 0.15) is 48.6 Å². The number of aliphatic hydroxyl groups is 3. The fourth-order valence-corrected chi connectivity index (χ4v) is 4.76. The molecule has 2 aromatic carbocycles. The van der Waals surface area contributed by atoms with Crippen LogP contribution in [0.2, 0.25) is 0 Å². The van der Waals surface area contributed by atoms with Gasteiger partial charge < -0.3 is 24.6 Å². The lowest BCUT2D eigenvalue weighted by Crippen LogP contribution is -2.52. The number of nitrogens with zero attached hydrogens (tertiary/aromatic N) is 1. The molecule has 3 N–H and O–H groups in total. The van der Waals surface area contributed by atoms with E-state index in [-0.39, 0.29) is 12.4 Å². The predicted molar refractivity (Wildman–Crippen MR) is 115 cm³/mol. The lowest BCUT2D eigenvalue weighted by molar-refractivity contribution is -0.228. The van der Waals surface area contributed by atoms with Crippen molar-refractivity contribution >= 4 is 10.9 Å². The van der Waals surface area contributed by atoms with Crippen LogP contribution in [-0.2, 0) is 11.2 Å². The first-order valence-electron chi connectivity index (χ1n) is 11.0. The number of rotatable bonds is 5. The normalized spacial score (nSPS) is 28.9. The molecule has 2 heterocycles. The largest absolute Gasteiger partial charge is 0.394 e. The van der Waals surface area contributed by atoms with Crippen LogP contribution in [0.4, 0.5) is 4.39 Å². The van der Waals surface area contributed by atoms with E-state index in [9.17, 15) is 19.7 Å². The van der Waals surface area contributed by atoms with E-state index in [0.29, 0.717) is 23.2 Å². The van der Waals surface area contributed by atoms with E-state index in [1.54, 1.807) is 29.8 Å². The number of ether oxygens (including phenoxy) is 1. The zero-order valence-electron chi connectivity index (χ0n) is 17.5. The van der Waals surface area contributed by atoms with Crippen molar-refractivity contribution in [3.8, 4) is 0 Å². The van der Waals surface area contributed by atoms with Crippen molar-refractivity contribution in [3.63, 3.8) is 0 Å². The van der Waals surface area contributed by atoms with E-state index < -0.39 is 30.5 Å². The first-order chi connectivity index (χ1) is 15.0. The molecule has 2 aliphatic rings. The molecule has 0 amide bonds. The van der Waals surface area contributed by atoms with Gasteiger partial charge in [-0.25, -0.2) is 4.39 Å². The summed E-state index contributed by atoms with van der Waals surface area (Å²) < 4.78 is 22.5. The molecule has 0 radical (unpaired) electrons. The topological polar surface area (TPSA) is 74.9 Å². The molecule has 2 fully saturated rings. The second-order valence-electron chi connectivity index (χ2n) is 8.98. The average Bonchev–Trinajstić information content (AvgIpc) is 3.56. The Bertz CT molecular complexity index is 1070. The van der Waals surface area contributed by atoms with Gasteiger partial charge >= 0.3 is 0 Å². The highest BCUT2D eigenvalue weighted by Crippen LogP contribution is 2.40. The molecule has 1 aliphatic heterocycles. The number of halogens is 1. The van der Waals surface area contributed by atoms with Gasteiger partial charge in [-0.2, -0.15) is 0 Å². The van der Waals surface area contributed by atoms with Gasteiger partial charge in [-0.1, -0.05) is 37.3 Å². The number of fused-ring (bicyclic) bond motifs is 1. The van der Waals surface area contributed by atoms with Crippen LogP contribution < -0.4 is 0 Å². The van der Waals surface area contributed by atoms with Crippen LogP contribution in [-0.4, -0.2) is 44.8 Å². The van der Waals surface area contributed by atoms with E-state index in [1.807, 2.05) is 0 Å². The summed E-state index contributed by atoms with van der Waals surface area (Å²) >= 11 is 0. The summed E-state index contributed by atoms with van der Waals surface area (Å²) in [6.07, 6.45) is 1.06.